The van der Waals surface area contributed by atoms with E-state index < -0.39 is 10.0 Å². The topological polar surface area (TPSA) is 53.2 Å². The summed E-state index contributed by atoms with van der Waals surface area (Å²) < 4.78 is 27.2. The van der Waals surface area contributed by atoms with Crippen LogP contribution in [0.3, 0.4) is 0 Å². The molecule has 1 fully saturated rings. The highest BCUT2D eigenvalue weighted by atomic mass is 32.2. The number of sulfonamides is 1. The number of H-pyrrole nitrogens is 1. The number of hydrogen-bond acceptors (Lipinski definition) is 2. The van der Waals surface area contributed by atoms with Gasteiger partial charge in [0.2, 0.25) is 10.0 Å². The average Bonchev–Trinajstić information content (AvgIpc) is 2.84. The van der Waals surface area contributed by atoms with E-state index in [0.29, 0.717) is 29.8 Å². The van der Waals surface area contributed by atoms with E-state index in [1.807, 2.05) is 18.3 Å². The summed E-state index contributed by atoms with van der Waals surface area (Å²) in [6, 6.07) is 7.18. The predicted octanol–water partition coefficient (Wildman–Crippen LogP) is 2.83. The van der Waals surface area contributed by atoms with E-state index in [9.17, 15) is 8.42 Å². The van der Waals surface area contributed by atoms with Crippen molar-refractivity contribution in [2.45, 2.75) is 25.2 Å². The molecule has 2 aromatic rings. The highest BCUT2D eigenvalue weighted by Gasteiger charge is 2.31. The van der Waals surface area contributed by atoms with Crippen molar-refractivity contribution in [3.05, 3.63) is 30.5 Å². The number of rotatable bonds is 2. The maximum Gasteiger partial charge on any atom is 0.243 e. The molecule has 108 valence electrons. The third-order valence-corrected chi connectivity index (χ3v) is 5.83. The van der Waals surface area contributed by atoms with Gasteiger partial charge in [0.25, 0.3) is 0 Å². The van der Waals surface area contributed by atoms with Crippen LogP contribution in [0.2, 0.25) is 0 Å². The van der Waals surface area contributed by atoms with Crippen molar-refractivity contribution < 1.29 is 8.42 Å². The van der Waals surface area contributed by atoms with Crippen molar-refractivity contribution in [2.24, 2.45) is 11.8 Å². The zero-order valence-corrected chi connectivity index (χ0v) is 12.7. The van der Waals surface area contributed by atoms with E-state index in [2.05, 4.69) is 18.8 Å². The zero-order valence-electron chi connectivity index (χ0n) is 11.8. The van der Waals surface area contributed by atoms with Crippen LogP contribution in [0.25, 0.3) is 10.9 Å². The molecule has 3 rings (SSSR count). The second-order valence-corrected chi connectivity index (χ2v) is 7.93. The van der Waals surface area contributed by atoms with Gasteiger partial charge in [-0.25, -0.2) is 8.42 Å². The summed E-state index contributed by atoms with van der Waals surface area (Å²) in [7, 11) is -3.38. The Bertz CT molecular complexity index is 710. The number of aromatic nitrogens is 1. The van der Waals surface area contributed by atoms with Gasteiger partial charge < -0.3 is 4.98 Å². The second-order valence-electron chi connectivity index (χ2n) is 5.99. The van der Waals surface area contributed by atoms with Gasteiger partial charge in [-0.1, -0.05) is 13.8 Å². The molecule has 1 N–H and O–H groups in total. The number of benzene rings is 1. The van der Waals surface area contributed by atoms with Gasteiger partial charge in [0, 0.05) is 30.2 Å². The molecule has 1 aromatic carbocycles. The molecule has 1 aromatic heterocycles. The summed E-state index contributed by atoms with van der Waals surface area (Å²) in [6.45, 7) is 5.48. The predicted molar refractivity (Wildman–Crippen MR) is 80.0 cm³/mol. The largest absolute Gasteiger partial charge is 0.361 e. The zero-order chi connectivity index (χ0) is 14.3. The van der Waals surface area contributed by atoms with Crippen LogP contribution >= 0.6 is 0 Å². The van der Waals surface area contributed by atoms with Crippen LogP contribution in [0.4, 0.5) is 0 Å². The summed E-state index contributed by atoms with van der Waals surface area (Å²) in [4.78, 5) is 3.48. The first-order chi connectivity index (χ1) is 9.46. The standard InChI is InChI=1S/C15H20N2O2S/c1-11-7-12(2)10-17(9-11)20(18,19)14-3-4-15-13(8-14)5-6-16-15/h3-6,8,11-12,16H,7,9-10H2,1-2H3. The third-order valence-electron chi connectivity index (χ3n) is 4.00. The lowest BCUT2D eigenvalue weighted by atomic mass is 9.94. The second kappa shape index (κ2) is 4.90. The van der Waals surface area contributed by atoms with Crippen molar-refractivity contribution in [2.75, 3.05) is 13.1 Å². The maximum atomic E-state index is 12.8. The molecular weight excluding hydrogens is 272 g/mol. The van der Waals surface area contributed by atoms with E-state index in [-0.39, 0.29) is 0 Å². The highest BCUT2D eigenvalue weighted by molar-refractivity contribution is 7.89. The average molecular weight is 292 g/mol. The Kier molecular flexibility index (Phi) is 3.34. The summed E-state index contributed by atoms with van der Waals surface area (Å²) in [5.74, 6) is 0.842. The molecule has 1 saturated heterocycles. The Morgan fingerprint density at radius 2 is 1.85 bits per heavy atom. The van der Waals surface area contributed by atoms with Gasteiger partial charge in [0.1, 0.15) is 0 Å². The van der Waals surface area contributed by atoms with Crippen LogP contribution in [0.5, 0.6) is 0 Å². The summed E-state index contributed by atoms with van der Waals surface area (Å²) in [5.41, 5.74) is 0.962. The van der Waals surface area contributed by atoms with Crippen LogP contribution < -0.4 is 0 Å². The highest BCUT2D eigenvalue weighted by Crippen LogP contribution is 2.27. The van der Waals surface area contributed by atoms with Gasteiger partial charge in [-0.2, -0.15) is 4.31 Å². The van der Waals surface area contributed by atoms with Crippen LogP contribution in [-0.4, -0.2) is 30.8 Å². The minimum absolute atomic E-state index is 0.394. The molecule has 0 spiro atoms. The minimum Gasteiger partial charge on any atom is -0.361 e. The molecule has 20 heavy (non-hydrogen) atoms. The number of hydrogen-bond donors (Lipinski definition) is 1. The Labute approximate surface area is 119 Å². The lowest BCUT2D eigenvalue weighted by Gasteiger charge is -2.34. The van der Waals surface area contributed by atoms with Crippen LogP contribution in [-0.2, 0) is 10.0 Å². The van der Waals surface area contributed by atoms with Crippen molar-refractivity contribution in [1.82, 2.24) is 9.29 Å². The molecule has 0 amide bonds. The van der Waals surface area contributed by atoms with E-state index >= 15 is 0 Å². The minimum atomic E-state index is -3.38. The smallest absolute Gasteiger partial charge is 0.243 e. The number of nitrogens with one attached hydrogen (secondary N) is 1. The summed E-state index contributed by atoms with van der Waals surface area (Å²) in [5, 5.41) is 0.934. The number of nitrogens with zero attached hydrogens (tertiary/aromatic N) is 1. The van der Waals surface area contributed by atoms with Gasteiger partial charge in [-0.05, 0) is 42.5 Å². The SMILES string of the molecule is CC1CC(C)CN(S(=O)(=O)c2ccc3[nH]ccc3c2)C1. The van der Waals surface area contributed by atoms with Crippen molar-refractivity contribution in [3.63, 3.8) is 0 Å². The molecule has 0 aliphatic carbocycles. The fourth-order valence-electron chi connectivity index (χ4n) is 3.14. The Morgan fingerprint density at radius 3 is 2.55 bits per heavy atom. The molecule has 0 saturated carbocycles. The molecule has 2 heterocycles. The van der Waals surface area contributed by atoms with E-state index in [1.54, 1.807) is 16.4 Å². The monoisotopic (exact) mass is 292 g/mol. The van der Waals surface area contributed by atoms with Gasteiger partial charge in [-0.3, -0.25) is 0 Å². The molecule has 1 aliphatic rings. The number of aromatic amines is 1. The van der Waals surface area contributed by atoms with Crippen LogP contribution in [0, 0.1) is 11.8 Å². The van der Waals surface area contributed by atoms with E-state index in [1.165, 1.54) is 0 Å². The van der Waals surface area contributed by atoms with Gasteiger partial charge >= 0.3 is 0 Å². The third kappa shape index (κ3) is 2.36. The molecule has 0 radical (unpaired) electrons. The summed E-state index contributed by atoms with van der Waals surface area (Å²) in [6.07, 6.45) is 2.93. The first-order valence-corrected chi connectivity index (χ1v) is 8.48. The number of fused-ring (bicyclic) bond motifs is 1. The maximum absolute atomic E-state index is 12.8. The lowest BCUT2D eigenvalue weighted by molar-refractivity contribution is 0.222. The first kappa shape index (κ1) is 13.6. The van der Waals surface area contributed by atoms with Crippen LogP contribution in [0.1, 0.15) is 20.3 Å². The first-order valence-electron chi connectivity index (χ1n) is 7.04. The van der Waals surface area contributed by atoms with Crippen molar-refractivity contribution in [3.8, 4) is 0 Å². The molecule has 2 atom stereocenters. The lowest BCUT2D eigenvalue weighted by Crippen LogP contribution is -2.42. The van der Waals surface area contributed by atoms with E-state index in [0.717, 1.165) is 17.3 Å². The molecule has 4 nitrogen and oxygen atoms in total. The molecule has 0 bridgehead atoms. The normalized spacial score (nSPS) is 25.1. The van der Waals surface area contributed by atoms with E-state index in [4.69, 9.17) is 0 Å². The molecule has 5 heteroatoms. The van der Waals surface area contributed by atoms with Crippen molar-refractivity contribution >= 4 is 20.9 Å². The molecular formula is C15H20N2O2S. The van der Waals surface area contributed by atoms with Gasteiger partial charge in [-0.15, -0.1) is 0 Å². The molecule has 2 unspecified atom stereocenters. The molecule has 1 aliphatic heterocycles. The quantitative estimate of drug-likeness (QED) is 0.925. The van der Waals surface area contributed by atoms with Gasteiger partial charge in [0.15, 0.2) is 0 Å². The summed E-state index contributed by atoms with van der Waals surface area (Å²) >= 11 is 0. The fraction of sp³-hybridized carbons (Fsp3) is 0.467. The fourth-order valence-corrected chi connectivity index (χ4v) is 4.86. The van der Waals surface area contributed by atoms with Gasteiger partial charge in [0.05, 0.1) is 4.90 Å². The van der Waals surface area contributed by atoms with Crippen molar-refractivity contribution in [1.29, 1.82) is 0 Å². The van der Waals surface area contributed by atoms with Crippen LogP contribution in [0.15, 0.2) is 35.4 Å². The Morgan fingerprint density at radius 1 is 1.15 bits per heavy atom. The Hall–Kier alpha value is -1.33. The Balaban J connectivity index is 1.98. The number of piperidine rings is 1.